The highest BCUT2D eigenvalue weighted by atomic mass is 32.1. The lowest BCUT2D eigenvalue weighted by atomic mass is 9.88. The van der Waals surface area contributed by atoms with Crippen LogP contribution in [-0.4, -0.2) is 18.5 Å². The van der Waals surface area contributed by atoms with Crippen molar-refractivity contribution >= 4 is 34.3 Å². The number of esters is 1. The van der Waals surface area contributed by atoms with Gasteiger partial charge in [-0.2, -0.15) is 5.26 Å². The summed E-state index contributed by atoms with van der Waals surface area (Å²) in [7, 11) is 0. The zero-order valence-corrected chi connectivity index (χ0v) is 20.3. The fraction of sp³-hybridized carbons (Fsp3) is 0.296. The Bertz CT molecular complexity index is 1290. The van der Waals surface area contributed by atoms with Gasteiger partial charge in [-0.3, -0.25) is 4.79 Å². The molecule has 0 radical (unpaired) electrons. The van der Waals surface area contributed by atoms with E-state index in [2.05, 4.69) is 12.2 Å². The monoisotopic (exact) mass is 474 g/mol. The first kappa shape index (κ1) is 23.5. The number of hydrogen-bond donors (Lipinski definition) is 1. The number of nitriles is 1. The van der Waals surface area contributed by atoms with E-state index in [1.807, 2.05) is 37.3 Å². The van der Waals surface area contributed by atoms with Gasteiger partial charge in [0, 0.05) is 16.5 Å². The van der Waals surface area contributed by atoms with Crippen molar-refractivity contribution in [1.82, 2.24) is 0 Å². The molecule has 0 spiro atoms. The van der Waals surface area contributed by atoms with Gasteiger partial charge in [0.2, 0.25) is 0 Å². The van der Waals surface area contributed by atoms with E-state index in [-0.39, 0.29) is 12.2 Å². The molecule has 1 aromatic carbocycles. The van der Waals surface area contributed by atoms with E-state index < -0.39 is 11.9 Å². The van der Waals surface area contributed by atoms with Crippen LogP contribution in [0.4, 0.5) is 5.00 Å². The van der Waals surface area contributed by atoms with Crippen molar-refractivity contribution in [3.63, 3.8) is 0 Å². The minimum absolute atomic E-state index is 0.112. The third-order valence-corrected chi connectivity index (χ3v) is 7.00. The molecule has 4 rings (SSSR count). The molecule has 2 heterocycles. The lowest BCUT2D eigenvalue weighted by Gasteiger charge is -2.18. The summed E-state index contributed by atoms with van der Waals surface area (Å²) >= 11 is 1.39. The highest BCUT2D eigenvalue weighted by molar-refractivity contribution is 7.17. The second-order valence-corrected chi connectivity index (χ2v) is 9.57. The number of benzene rings is 1. The maximum absolute atomic E-state index is 13.0. The average Bonchev–Trinajstić information content (AvgIpc) is 3.42. The van der Waals surface area contributed by atoms with Crippen molar-refractivity contribution in [2.45, 2.75) is 40.0 Å². The first-order valence-electron chi connectivity index (χ1n) is 11.3. The van der Waals surface area contributed by atoms with Crippen LogP contribution in [0.25, 0.3) is 17.4 Å². The Morgan fingerprint density at radius 3 is 2.74 bits per heavy atom. The Kier molecular flexibility index (Phi) is 6.99. The van der Waals surface area contributed by atoms with E-state index in [1.165, 1.54) is 17.4 Å². The van der Waals surface area contributed by atoms with E-state index in [1.54, 1.807) is 19.1 Å². The van der Waals surface area contributed by atoms with Crippen molar-refractivity contribution in [2.24, 2.45) is 5.92 Å². The third kappa shape index (κ3) is 4.97. The Balaban J connectivity index is 1.59. The molecule has 1 atom stereocenters. The number of nitrogens with zero attached hydrogens (tertiary/aromatic N) is 1. The van der Waals surface area contributed by atoms with Gasteiger partial charge in [0.1, 0.15) is 28.2 Å². The number of carbonyl (C=O) groups is 2. The molecule has 1 amide bonds. The largest absolute Gasteiger partial charge is 0.462 e. The third-order valence-electron chi connectivity index (χ3n) is 5.83. The predicted molar refractivity (Wildman–Crippen MR) is 133 cm³/mol. The fourth-order valence-corrected chi connectivity index (χ4v) is 5.42. The van der Waals surface area contributed by atoms with Crippen LogP contribution >= 0.6 is 11.3 Å². The van der Waals surface area contributed by atoms with Crippen LogP contribution in [0.3, 0.4) is 0 Å². The number of aryl methyl sites for hydroxylation is 1. The summed E-state index contributed by atoms with van der Waals surface area (Å²) in [6.45, 7) is 6.19. The van der Waals surface area contributed by atoms with Crippen molar-refractivity contribution in [3.8, 4) is 17.4 Å². The Morgan fingerprint density at radius 2 is 2.03 bits per heavy atom. The smallest absolute Gasteiger partial charge is 0.341 e. The minimum Gasteiger partial charge on any atom is -0.462 e. The van der Waals surface area contributed by atoms with Crippen LogP contribution in [-0.2, 0) is 22.4 Å². The molecule has 0 bridgehead atoms. The summed E-state index contributed by atoms with van der Waals surface area (Å²) in [5.74, 6) is 0.524. The van der Waals surface area contributed by atoms with E-state index in [4.69, 9.17) is 9.15 Å². The zero-order chi connectivity index (χ0) is 24.2. The SMILES string of the molecule is CCOC(=O)c1c(NC(=O)/C(C#N)=C/c2ccc(-c3ccc(C)cc3)o2)sc2c1CCC(C)C2. The van der Waals surface area contributed by atoms with Crippen LogP contribution in [0.1, 0.15) is 52.4 Å². The molecule has 0 saturated heterocycles. The van der Waals surface area contributed by atoms with Crippen molar-refractivity contribution in [2.75, 3.05) is 11.9 Å². The topological polar surface area (TPSA) is 92.3 Å². The number of fused-ring (bicyclic) bond motifs is 1. The lowest BCUT2D eigenvalue weighted by Crippen LogP contribution is -2.17. The van der Waals surface area contributed by atoms with E-state index in [9.17, 15) is 14.9 Å². The van der Waals surface area contributed by atoms with Crippen LogP contribution in [0.2, 0.25) is 0 Å². The summed E-state index contributed by atoms with van der Waals surface area (Å²) in [6, 6.07) is 13.4. The molecule has 3 aromatic rings. The molecular weight excluding hydrogens is 448 g/mol. The quantitative estimate of drug-likeness (QED) is 0.262. The minimum atomic E-state index is -0.590. The highest BCUT2D eigenvalue weighted by Gasteiger charge is 2.29. The molecule has 1 aliphatic rings. The second kappa shape index (κ2) is 10.1. The lowest BCUT2D eigenvalue weighted by molar-refractivity contribution is -0.112. The first-order chi connectivity index (χ1) is 16.4. The molecule has 1 unspecified atom stereocenters. The van der Waals surface area contributed by atoms with Gasteiger partial charge in [0.15, 0.2) is 0 Å². The molecule has 0 saturated carbocycles. The maximum atomic E-state index is 13.0. The van der Waals surface area contributed by atoms with Gasteiger partial charge in [-0.1, -0.05) is 36.8 Å². The van der Waals surface area contributed by atoms with Gasteiger partial charge in [-0.25, -0.2) is 4.79 Å². The number of furan rings is 1. The molecule has 2 aromatic heterocycles. The van der Waals surface area contributed by atoms with E-state index in [0.717, 1.165) is 40.8 Å². The van der Waals surface area contributed by atoms with Gasteiger partial charge < -0.3 is 14.5 Å². The number of hydrogen-bond acceptors (Lipinski definition) is 6. The molecule has 0 aliphatic heterocycles. The second-order valence-electron chi connectivity index (χ2n) is 8.47. The number of ether oxygens (including phenoxy) is 1. The molecular formula is C27H26N2O4S. The number of rotatable bonds is 6. The first-order valence-corrected chi connectivity index (χ1v) is 12.1. The number of thiophene rings is 1. The number of amides is 1. The van der Waals surface area contributed by atoms with Crippen LogP contribution in [0, 0.1) is 24.2 Å². The van der Waals surface area contributed by atoms with Gasteiger partial charge in [0.05, 0.1) is 12.2 Å². The maximum Gasteiger partial charge on any atom is 0.341 e. The van der Waals surface area contributed by atoms with E-state index >= 15 is 0 Å². The molecule has 1 N–H and O–H groups in total. The van der Waals surface area contributed by atoms with Crippen molar-refractivity contribution < 1.29 is 18.7 Å². The van der Waals surface area contributed by atoms with Crippen molar-refractivity contribution in [1.29, 1.82) is 5.26 Å². The van der Waals surface area contributed by atoms with Crippen LogP contribution in [0.5, 0.6) is 0 Å². The molecule has 6 nitrogen and oxygen atoms in total. The van der Waals surface area contributed by atoms with Gasteiger partial charge in [-0.05, 0) is 56.7 Å². The molecule has 34 heavy (non-hydrogen) atoms. The van der Waals surface area contributed by atoms with Gasteiger partial charge in [0.25, 0.3) is 5.91 Å². The Labute approximate surface area is 202 Å². The Morgan fingerprint density at radius 1 is 1.26 bits per heavy atom. The average molecular weight is 475 g/mol. The highest BCUT2D eigenvalue weighted by Crippen LogP contribution is 2.40. The predicted octanol–water partition coefficient (Wildman–Crippen LogP) is 6.16. The van der Waals surface area contributed by atoms with Crippen molar-refractivity contribution in [3.05, 3.63) is 69.3 Å². The fourth-order valence-electron chi connectivity index (χ4n) is 4.02. The summed E-state index contributed by atoms with van der Waals surface area (Å²) in [5, 5.41) is 12.9. The number of carbonyl (C=O) groups excluding carboxylic acids is 2. The zero-order valence-electron chi connectivity index (χ0n) is 19.4. The number of anilines is 1. The summed E-state index contributed by atoms with van der Waals surface area (Å²) in [4.78, 5) is 26.8. The standard InChI is InChI=1S/C27H26N2O4S/c1-4-32-27(31)24-21-11-7-17(3)13-23(21)34-26(24)29-25(30)19(15-28)14-20-10-12-22(33-20)18-8-5-16(2)6-9-18/h5-6,8-10,12,14,17H,4,7,11,13H2,1-3H3,(H,29,30)/b19-14+. The molecule has 174 valence electrons. The van der Waals surface area contributed by atoms with Gasteiger partial charge in [-0.15, -0.1) is 11.3 Å². The number of nitrogens with one attached hydrogen (secondary N) is 1. The van der Waals surface area contributed by atoms with Crippen LogP contribution < -0.4 is 5.32 Å². The summed E-state index contributed by atoms with van der Waals surface area (Å²) < 4.78 is 11.1. The van der Waals surface area contributed by atoms with Gasteiger partial charge >= 0.3 is 5.97 Å². The van der Waals surface area contributed by atoms with Crippen LogP contribution in [0.15, 0.2) is 46.4 Å². The van der Waals surface area contributed by atoms with E-state index in [0.29, 0.717) is 28.0 Å². The summed E-state index contributed by atoms with van der Waals surface area (Å²) in [6.07, 6.45) is 4.02. The summed E-state index contributed by atoms with van der Waals surface area (Å²) in [5.41, 5.74) is 3.31. The normalized spacial score (nSPS) is 15.4. The molecule has 7 heteroatoms. The molecule has 1 aliphatic carbocycles. The molecule has 0 fully saturated rings. The Hall–Kier alpha value is -3.63.